The molecule has 11 heteroatoms. The Bertz CT molecular complexity index is 1070. The Labute approximate surface area is 162 Å². The maximum atomic E-state index is 13.0. The van der Waals surface area contributed by atoms with Crippen LogP contribution in [-0.4, -0.2) is 30.1 Å². The van der Waals surface area contributed by atoms with Crippen LogP contribution >= 0.6 is 11.8 Å². The van der Waals surface area contributed by atoms with Gasteiger partial charge in [-0.1, -0.05) is 11.8 Å². The fourth-order valence-corrected chi connectivity index (χ4v) is 2.84. The zero-order valence-corrected chi connectivity index (χ0v) is 15.1. The predicted molar refractivity (Wildman–Crippen MR) is 101 cm³/mol. The van der Waals surface area contributed by atoms with Crippen molar-refractivity contribution in [1.29, 1.82) is 0 Å². The molecule has 0 unspecified atom stereocenters. The van der Waals surface area contributed by atoms with E-state index in [4.69, 9.17) is 10.2 Å². The highest BCUT2D eigenvalue weighted by atomic mass is 32.2. The first-order valence-electron chi connectivity index (χ1n) is 8.05. The summed E-state index contributed by atoms with van der Waals surface area (Å²) in [5.41, 5.74) is 7.17. The van der Waals surface area contributed by atoms with Crippen LogP contribution in [0.1, 0.15) is 5.82 Å². The summed E-state index contributed by atoms with van der Waals surface area (Å²) in [6.45, 7) is 0. The van der Waals surface area contributed by atoms with Gasteiger partial charge in [0.2, 0.25) is 17.8 Å². The molecule has 0 saturated carbocycles. The van der Waals surface area contributed by atoms with Gasteiger partial charge in [-0.2, -0.15) is 15.0 Å². The highest BCUT2D eigenvalue weighted by Crippen LogP contribution is 2.25. The van der Waals surface area contributed by atoms with Crippen molar-refractivity contribution in [3.8, 4) is 11.5 Å². The third-order valence-corrected chi connectivity index (χ3v) is 4.27. The minimum Gasteiger partial charge on any atom is -0.411 e. The summed E-state index contributed by atoms with van der Waals surface area (Å²) in [5.74, 6) is 1.19. The zero-order chi connectivity index (χ0) is 19.3. The van der Waals surface area contributed by atoms with E-state index in [0.717, 1.165) is 5.56 Å². The number of nitrogens with two attached hydrogens (primary N) is 1. The van der Waals surface area contributed by atoms with Crippen LogP contribution in [-0.2, 0) is 5.75 Å². The number of nitrogen functional groups attached to an aromatic ring is 1. The molecule has 9 nitrogen and oxygen atoms in total. The summed E-state index contributed by atoms with van der Waals surface area (Å²) < 4.78 is 18.6. The normalized spacial score (nSPS) is 10.8. The van der Waals surface area contributed by atoms with Crippen molar-refractivity contribution in [2.45, 2.75) is 11.0 Å². The van der Waals surface area contributed by atoms with Gasteiger partial charge in [0.15, 0.2) is 0 Å². The number of hydrogen-bond acceptors (Lipinski definition) is 10. The molecule has 0 bridgehead atoms. The molecule has 4 aromatic rings. The minimum atomic E-state index is -0.330. The van der Waals surface area contributed by atoms with Gasteiger partial charge >= 0.3 is 0 Å². The largest absolute Gasteiger partial charge is 0.411 e. The molecule has 3 N–H and O–H groups in total. The lowest BCUT2D eigenvalue weighted by Gasteiger charge is -2.06. The molecule has 0 aliphatic carbocycles. The molecule has 0 atom stereocenters. The second-order valence-corrected chi connectivity index (χ2v) is 6.39. The van der Waals surface area contributed by atoms with E-state index >= 15 is 0 Å². The number of hydrogen-bond donors (Lipinski definition) is 2. The maximum Gasteiger partial charge on any atom is 0.277 e. The highest BCUT2D eigenvalue weighted by Gasteiger charge is 2.11. The third kappa shape index (κ3) is 4.38. The van der Waals surface area contributed by atoms with Crippen molar-refractivity contribution >= 4 is 29.3 Å². The van der Waals surface area contributed by atoms with E-state index < -0.39 is 0 Å². The molecule has 140 valence electrons. The SMILES string of the molecule is Nc1nc(CSc2nnc(-c3ccncc3)o2)nc(Nc2ccc(F)cc2)n1. The third-order valence-electron chi connectivity index (χ3n) is 3.46. The lowest BCUT2D eigenvalue weighted by atomic mass is 10.3. The van der Waals surface area contributed by atoms with Gasteiger partial charge in [-0.15, -0.1) is 10.2 Å². The van der Waals surface area contributed by atoms with Gasteiger partial charge < -0.3 is 15.5 Å². The van der Waals surface area contributed by atoms with E-state index in [1.54, 1.807) is 36.7 Å². The topological polar surface area (TPSA) is 129 Å². The van der Waals surface area contributed by atoms with Crippen LogP contribution in [0.4, 0.5) is 22.0 Å². The van der Waals surface area contributed by atoms with E-state index in [1.807, 2.05) is 0 Å². The van der Waals surface area contributed by atoms with Crippen molar-refractivity contribution in [2.24, 2.45) is 0 Å². The standard InChI is InChI=1S/C17H13FN8OS/c18-11-1-3-12(4-2-11)21-16-23-13(22-15(19)24-16)9-28-17-26-25-14(27-17)10-5-7-20-8-6-10/h1-8H,9H2,(H3,19,21,22,23,24). The number of thioether (sulfide) groups is 1. The predicted octanol–water partition coefficient (Wildman–Crippen LogP) is 3.07. The first-order chi connectivity index (χ1) is 13.7. The number of aromatic nitrogens is 6. The summed E-state index contributed by atoms with van der Waals surface area (Å²) in [6.07, 6.45) is 3.30. The van der Waals surface area contributed by atoms with Crippen molar-refractivity contribution in [3.05, 3.63) is 60.4 Å². The molecule has 0 saturated heterocycles. The van der Waals surface area contributed by atoms with Gasteiger partial charge in [-0.05, 0) is 36.4 Å². The average Bonchev–Trinajstić information content (AvgIpc) is 3.18. The summed E-state index contributed by atoms with van der Waals surface area (Å²) in [6, 6.07) is 9.37. The van der Waals surface area contributed by atoms with Gasteiger partial charge in [0, 0.05) is 23.6 Å². The average molecular weight is 396 g/mol. The highest BCUT2D eigenvalue weighted by molar-refractivity contribution is 7.98. The van der Waals surface area contributed by atoms with Crippen molar-refractivity contribution in [1.82, 2.24) is 30.1 Å². The van der Waals surface area contributed by atoms with Crippen LogP contribution in [0.3, 0.4) is 0 Å². The Morgan fingerprint density at radius 2 is 1.79 bits per heavy atom. The smallest absolute Gasteiger partial charge is 0.277 e. The molecule has 0 radical (unpaired) electrons. The van der Waals surface area contributed by atoms with E-state index in [1.165, 1.54) is 23.9 Å². The second kappa shape index (κ2) is 7.96. The lowest BCUT2D eigenvalue weighted by molar-refractivity contribution is 0.465. The fraction of sp³-hybridized carbons (Fsp3) is 0.0588. The van der Waals surface area contributed by atoms with Gasteiger partial charge in [-0.3, -0.25) is 4.98 Å². The van der Waals surface area contributed by atoms with Crippen molar-refractivity contribution in [2.75, 3.05) is 11.1 Å². The van der Waals surface area contributed by atoms with Crippen LogP contribution in [0.2, 0.25) is 0 Å². The summed E-state index contributed by atoms with van der Waals surface area (Å²) >= 11 is 1.27. The zero-order valence-electron chi connectivity index (χ0n) is 14.3. The molecule has 0 spiro atoms. The van der Waals surface area contributed by atoms with E-state index in [-0.39, 0.29) is 17.7 Å². The number of rotatable bonds is 6. The molecule has 0 aliphatic heterocycles. The summed E-state index contributed by atoms with van der Waals surface area (Å²) in [4.78, 5) is 16.4. The lowest BCUT2D eigenvalue weighted by Crippen LogP contribution is -2.06. The number of anilines is 3. The molecule has 3 aromatic heterocycles. The van der Waals surface area contributed by atoms with E-state index in [9.17, 15) is 4.39 Å². The Hall–Kier alpha value is -3.60. The number of nitrogens with zero attached hydrogens (tertiary/aromatic N) is 6. The van der Waals surface area contributed by atoms with Gasteiger partial charge in [0.05, 0.1) is 5.75 Å². The fourth-order valence-electron chi connectivity index (χ4n) is 2.23. The molecule has 4 rings (SSSR count). The van der Waals surface area contributed by atoms with Crippen LogP contribution in [0.15, 0.2) is 58.4 Å². The van der Waals surface area contributed by atoms with Crippen LogP contribution in [0.5, 0.6) is 0 Å². The molecule has 28 heavy (non-hydrogen) atoms. The van der Waals surface area contributed by atoms with Gasteiger partial charge in [0.1, 0.15) is 11.6 Å². The Kier molecular flexibility index (Phi) is 5.06. The number of benzene rings is 1. The summed E-state index contributed by atoms with van der Waals surface area (Å²) in [5, 5.41) is 11.3. The van der Waals surface area contributed by atoms with Crippen LogP contribution < -0.4 is 11.1 Å². The molecular formula is C17H13FN8OS. The number of pyridine rings is 1. The minimum absolute atomic E-state index is 0.0678. The van der Waals surface area contributed by atoms with Crippen LogP contribution in [0.25, 0.3) is 11.5 Å². The molecule has 1 aromatic carbocycles. The van der Waals surface area contributed by atoms with Gasteiger partial charge in [0.25, 0.3) is 5.22 Å². The van der Waals surface area contributed by atoms with E-state index in [2.05, 4.69) is 35.5 Å². The molecule has 3 heterocycles. The van der Waals surface area contributed by atoms with Crippen molar-refractivity contribution < 1.29 is 8.81 Å². The second-order valence-electron chi connectivity index (χ2n) is 5.46. The first-order valence-corrected chi connectivity index (χ1v) is 9.04. The maximum absolute atomic E-state index is 13.0. The van der Waals surface area contributed by atoms with Crippen LogP contribution in [0, 0.1) is 5.82 Å². The Morgan fingerprint density at radius 1 is 1.00 bits per heavy atom. The monoisotopic (exact) mass is 396 g/mol. The van der Waals surface area contributed by atoms with Crippen molar-refractivity contribution in [3.63, 3.8) is 0 Å². The molecule has 0 fully saturated rings. The molecular weight excluding hydrogens is 383 g/mol. The summed E-state index contributed by atoms with van der Waals surface area (Å²) in [7, 11) is 0. The Balaban J connectivity index is 1.44. The quantitative estimate of drug-likeness (QED) is 0.469. The molecule has 0 aliphatic rings. The number of halogens is 1. The van der Waals surface area contributed by atoms with E-state index in [0.29, 0.717) is 28.4 Å². The first kappa shape index (κ1) is 17.8. The Morgan fingerprint density at radius 3 is 2.57 bits per heavy atom. The molecule has 0 amide bonds. The van der Waals surface area contributed by atoms with Gasteiger partial charge in [-0.25, -0.2) is 4.39 Å². The number of nitrogens with one attached hydrogen (secondary N) is 1.